The number of hydrogen-bond acceptors (Lipinski definition) is 7. The van der Waals surface area contributed by atoms with E-state index in [1.165, 1.54) is 36.4 Å². The van der Waals surface area contributed by atoms with E-state index >= 15 is 0 Å². The summed E-state index contributed by atoms with van der Waals surface area (Å²) in [5.41, 5.74) is -0.0570. The van der Waals surface area contributed by atoms with E-state index in [0.717, 1.165) is 4.90 Å². The molecule has 120 valence electrons. The van der Waals surface area contributed by atoms with Crippen molar-refractivity contribution < 1.29 is 9.66 Å². The fraction of sp³-hybridized carbons (Fsp3) is 0. The van der Waals surface area contributed by atoms with Crippen molar-refractivity contribution in [3.63, 3.8) is 0 Å². The number of nitro groups is 1. The Morgan fingerprint density at radius 2 is 1.79 bits per heavy atom. The molecule has 0 N–H and O–H groups in total. The number of rotatable bonds is 5. The van der Waals surface area contributed by atoms with E-state index in [4.69, 9.17) is 16.3 Å². The third-order valence-electron chi connectivity index (χ3n) is 2.79. The van der Waals surface area contributed by atoms with Crippen LogP contribution in [0, 0.1) is 10.1 Å². The quantitative estimate of drug-likeness (QED) is 0.492. The normalized spacial score (nSPS) is 10.4. The van der Waals surface area contributed by atoms with Crippen LogP contribution in [0.3, 0.4) is 0 Å². The molecule has 0 aliphatic rings. The summed E-state index contributed by atoms with van der Waals surface area (Å²) in [6.45, 7) is 0. The van der Waals surface area contributed by atoms with Gasteiger partial charge < -0.3 is 4.74 Å². The summed E-state index contributed by atoms with van der Waals surface area (Å²) in [5, 5.41) is 11.7. The second kappa shape index (κ2) is 7.24. The number of ether oxygens (including phenoxy) is 1. The topological polar surface area (TPSA) is 91.0 Å². The van der Waals surface area contributed by atoms with Crippen LogP contribution in [0.5, 0.6) is 11.8 Å². The van der Waals surface area contributed by atoms with Gasteiger partial charge >= 0.3 is 6.01 Å². The van der Waals surface area contributed by atoms with Crippen LogP contribution in [0.25, 0.3) is 0 Å². The Kier molecular flexibility index (Phi) is 4.88. The SMILES string of the molecule is O=[N+]([O-])c1ccc(Sc2ccccc2Oc2ncc(Cl)cn2)nc1. The fourth-order valence-electron chi connectivity index (χ4n) is 1.72. The van der Waals surface area contributed by atoms with E-state index in [2.05, 4.69) is 15.0 Å². The third kappa shape index (κ3) is 3.98. The molecule has 0 saturated heterocycles. The Morgan fingerprint density at radius 1 is 1.04 bits per heavy atom. The monoisotopic (exact) mass is 360 g/mol. The zero-order valence-electron chi connectivity index (χ0n) is 12.0. The van der Waals surface area contributed by atoms with Gasteiger partial charge in [-0.25, -0.2) is 15.0 Å². The molecule has 0 aliphatic heterocycles. The fourth-order valence-corrected chi connectivity index (χ4v) is 2.65. The summed E-state index contributed by atoms with van der Waals surface area (Å²) >= 11 is 7.06. The molecule has 1 aromatic carbocycles. The lowest BCUT2D eigenvalue weighted by Crippen LogP contribution is -1.93. The van der Waals surface area contributed by atoms with Crippen LogP contribution in [0.4, 0.5) is 5.69 Å². The Bertz CT molecular complexity index is 859. The van der Waals surface area contributed by atoms with Crippen molar-refractivity contribution in [1.82, 2.24) is 15.0 Å². The van der Waals surface area contributed by atoms with Crippen LogP contribution in [0.1, 0.15) is 0 Å². The molecule has 0 saturated carbocycles. The first-order chi connectivity index (χ1) is 11.6. The number of aromatic nitrogens is 3. The van der Waals surface area contributed by atoms with Crippen LogP contribution in [-0.2, 0) is 0 Å². The number of halogens is 1. The predicted molar refractivity (Wildman–Crippen MR) is 88.6 cm³/mol. The summed E-state index contributed by atoms with van der Waals surface area (Å²) in [6, 6.07) is 10.4. The van der Waals surface area contributed by atoms with E-state index in [1.807, 2.05) is 18.2 Å². The molecular formula is C15H9ClN4O3S. The molecule has 0 spiro atoms. The van der Waals surface area contributed by atoms with E-state index in [-0.39, 0.29) is 11.7 Å². The van der Waals surface area contributed by atoms with Gasteiger partial charge in [0.05, 0.1) is 27.2 Å². The summed E-state index contributed by atoms with van der Waals surface area (Å²) in [6.07, 6.45) is 4.10. The van der Waals surface area contributed by atoms with Crippen molar-refractivity contribution in [3.05, 3.63) is 70.1 Å². The molecule has 0 amide bonds. The average molecular weight is 361 g/mol. The standard InChI is InChI=1S/C15H9ClN4O3S/c16-10-7-18-15(19-8-10)23-12-3-1-2-4-13(12)24-14-6-5-11(9-17-14)20(21)22/h1-9H. The highest BCUT2D eigenvalue weighted by Crippen LogP contribution is 2.35. The highest BCUT2D eigenvalue weighted by Gasteiger charge is 2.10. The lowest BCUT2D eigenvalue weighted by molar-refractivity contribution is -0.385. The molecule has 2 heterocycles. The highest BCUT2D eigenvalue weighted by atomic mass is 35.5. The molecule has 0 bridgehead atoms. The maximum atomic E-state index is 10.7. The highest BCUT2D eigenvalue weighted by molar-refractivity contribution is 7.99. The molecule has 0 fully saturated rings. The third-order valence-corrected chi connectivity index (χ3v) is 4.00. The largest absolute Gasteiger partial charge is 0.423 e. The first-order valence-electron chi connectivity index (χ1n) is 6.64. The molecule has 2 aromatic heterocycles. The molecule has 9 heteroatoms. The Balaban J connectivity index is 1.81. The second-order valence-corrected chi connectivity index (χ2v) is 5.95. The lowest BCUT2D eigenvalue weighted by atomic mass is 10.3. The first-order valence-corrected chi connectivity index (χ1v) is 7.84. The molecule has 0 atom stereocenters. The summed E-state index contributed by atoms with van der Waals surface area (Å²) in [7, 11) is 0. The predicted octanol–water partition coefficient (Wildman–Crippen LogP) is 4.38. The first kappa shape index (κ1) is 16.2. The van der Waals surface area contributed by atoms with Gasteiger partial charge in [-0.05, 0) is 18.2 Å². The van der Waals surface area contributed by atoms with Crippen molar-refractivity contribution in [2.75, 3.05) is 0 Å². The Morgan fingerprint density at radius 3 is 2.46 bits per heavy atom. The maximum absolute atomic E-state index is 10.7. The van der Waals surface area contributed by atoms with Gasteiger partial charge in [-0.1, -0.05) is 35.5 Å². The molecule has 0 aliphatic carbocycles. The van der Waals surface area contributed by atoms with E-state index < -0.39 is 4.92 Å². The van der Waals surface area contributed by atoms with Crippen LogP contribution in [0.15, 0.2) is 64.9 Å². The minimum atomic E-state index is -0.490. The molecule has 3 rings (SSSR count). The zero-order valence-corrected chi connectivity index (χ0v) is 13.6. The summed E-state index contributed by atoms with van der Waals surface area (Å²) < 4.78 is 5.66. The van der Waals surface area contributed by atoms with Crippen molar-refractivity contribution in [3.8, 4) is 11.8 Å². The lowest BCUT2D eigenvalue weighted by Gasteiger charge is -2.08. The van der Waals surface area contributed by atoms with Crippen molar-refractivity contribution in [2.24, 2.45) is 0 Å². The number of nitrogens with zero attached hydrogens (tertiary/aromatic N) is 4. The van der Waals surface area contributed by atoms with Gasteiger partial charge in [-0.2, -0.15) is 0 Å². The Hall–Kier alpha value is -2.71. The average Bonchev–Trinajstić information content (AvgIpc) is 2.59. The van der Waals surface area contributed by atoms with E-state index in [0.29, 0.717) is 15.8 Å². The van der Waals surface area contributed by atoms with Gasteiger partial charge in [0.15, 0.2) is 0 Å². The molecule has 24 heavy (non-hydrogen) atoms. The van der Waals surface area contributed by atoms with Gasteiger partial charge in [-0.15, -0.1) is 0 Å². The van der Waals surface area contributed by atoms with Gasteiger partial charge in [0, 0.05) is 6.07 Å². The van der Waals surface area contributed by atoms with Gasteiger partial charge in [0.25, 0.3) is 5.69 Å². The minimum absolute atomic E-state index is 0.0570. The van der Waals surface area contributed by atoms with E-state index in [1.54, 1.807) is 12.1 Å². The van der Waals surface area contributed by atoms with Gasteiger partial charge in [0.2, 0.25) is 0 Å². The number of pyridine rings is 1. The molecular weight excluding hydrogens is 352 g/mol. The minimum Gasteiger partial charge on any atom is -0.423 e. The smallest absolute Gasteiger partial charge is 0.321 e. The zero-order chi connectivity index (χ0) is 16.9. The van der Waals surface area contributed by atoms with Crippen LogP contribution in [-0.4, -0.2) is 19.9 Å². The van der Waals surface area contributed by atoms with Gasteiger partial charge in [0.1, 0.15) is 17.0 Å². The molecule has 3 aromatic rings. The Labute approximate surface area is 145 Å². The van der Waals surface area contributed by atoms with Crippen molar-refractivity contribution >= 4 is 29.1 Å². The number of para-hydroxylation sites is 1. The second-order valence-electron chi connectivity index (χ2n) is 4.45. The molecule has 0 radical (unpaired) electrons. The number of hydrogen-bond donors (Lipinski definition) is 0. The number of benzene rings is 1. The van der Waals surface area contributed by atoms with Crippen molar-refractivity contribution in [2.45, 2.75) is 9.92 Å². The van der Waals surface area contributed by atoms with Gasteiger partial charge in [-0.3, -0.25) is 10.1 Å². The van der Waals surface area contributed by atoms with E-state index in [9.17, 15) is 10.1 Å². The van der Waals surface area contributed by atoms with Crippen LogP contribution < -0.4 is 4.74 Å². The van der Waals surface area contributed by atoms with Crippen LogP contribution >= 0.6 is 23.4 Å². The van der Waals surface area contributed by atoms with Crippen LogP contribution in [0.2, 0.25) is 5.02 Å². The molecule has 7 nitrogen and oxygen atoms in total. The summed E-state index contributed by atoms with van der Waals surface area (Å²) in [5.74, 6) is 0.546. The molecule has 0 unspecified atom stereocenters. The summed E-state index contributed by atoms with van der Waals surface area (Å²) in [4.78, 5) is 23.0. The maximum Gasteiger partial charge on any atom is 0.321 e. The van der Waals surface area contributed by atoms with Crippen molar-refractivity contribution in [1.29, 1.82) is 0 Å².